The topological polar surface area (TPSA) is 21.7 Å². The maximum atomic E-state index is 8.61. The lowest BCUT2D eigenvalue weighted by molar-refractivity contribution is -0.660. The van der Waals surface area contributed by atoms with E-state index in [1.807, 2.05) is 51.6 Å². The van der Waals surface area contributed by atoms with Gasteiger partial charge in [-0.1, -0.05) is 38.1 Å². The van der Waals surface area contributed by atoms with E-state index in [9.17, 15) is 0 Å². The molecule has 3 heteroatoms. The predicted molar refractivity (Wildman–Crippen MR) is 114 cm³/mol. The molecular formula is C25H26N3+. The molecule has 1 aliphatic rings. The highest BCUT2D eigenvalue weighted by Crippen LogP contribution is 2.42. The van der Waals surface area contributed by atoms with Crippen molar-refractivity contribution in [3.8, 4) is 16.9 Å². The van der Waals surface area contributed by atoms with E-state index in [4.69, 9.17) is 2.74 Å². The molecule has 0 N–H and O–H groups in total. The zero-order valence-electron chi connectivity index (χ0n) is 18.8. The highest BCUT2D eigenvalue weighted by Gasteiger charge is 2.29. The number of nitrogens with zero attached hydrogens (tertiary/aromatic N) is 3. The first-order valence-electron chi connectivity index (χ1n) is 10.9. The van der Waals surface area contributed by atoms with Gasteiger partial charge in [-0.05, 0) is 41.3 Å². The summed E-state index contributed by atoms with van der Waals surface area (Å²) in [6.07, 6.45) is 5.29. The highest BCUT2D eigenvalue weighted by molar-refractivity contribution is 6.00. The van der Waals surface area contributed by atoms with Crippen LogP contribution in [-0.2, 0) is 19.8 Å². The number of rotatable bonds is 3. The van der Waals surface area contributed by atoms with Gasteiger partial charge in [0.15, 0.2) is 6.20 Å². The van der Waals surface area contributed by atoms with Crippen molar-refractivity contribution in [2.24, 2.45) is 13.0 Å². The lowest BCUT2D eigenvalue weighted by Crippen LogP contribution is -2.31. The van der Waals surface area contributed by atoms with Crippen LogP contribution in [-0.4, -0.2) is 9.55 Å². The van der Waals surface area contributed by atoms with Crippen LogP contribution in [0.4, 0.5) is 0 Å². The quantitative estimate of drug-likeness (QED) is 0.413. The van der Waals surface area contributed by atoms with Gasteiger partial charge >= 0.3 is 0 Å². The Hall–Kier alpha value is -2.94. The van der Waals surface area contributed by atoms with Gasteiger partial charge in [-0.15, -0.1) is 0 Å². The van der Waals surface area contributed by atoms with Gasteiger partial charge in [0, 0.05) is 39.1 Å². The third-order valence-electron chi connectivity index (χ3n) is 5.70. The van der Waals surface area contributed by atoms with Gasteiger partial charge in [0.1, 0.15) is 12.9 Å². The van der Waals surface area contributed by atoms with E-state index in [2.05, 4.69) is 45.3 Å². The maximum absolute atomic E-state index is 8.61. The Morgan fingerprint density at radius 2 is 2.00 bits per heavy atom. The summed E-state index contributed by atoms with van der Waals surface area (Å²) in [5, 5.41) is 2.46. The van der Waals surface area contributed by atoms with Gasteiger partial charge in [0.2, 0.25) is 5.69 Å². The van der Waals surface area contributed by atoms with E-state index in [1.54, 1.807) is 0 Å². The van der Waals surface area contributed by atoms with E-state index in [0.717, 1.165) is 23.5 Å². The monoisotopic (exact) mass is 370 g/mol. The molecule has 3 nitrogen and oxygen atoms in total. The molecule has 2 aromatic heterocycles. The van der Waals surface area contributed by atoms with Gasteiger partial charge in [-0.2, -0.15) is 0 Å². The second-order valence-corrected chi connectivity index (χ2v) is 7.97. The summed E-state index contributed by atoms with van der Waals surface area (Å²) in [6, 6.07) is 12.5. The van der Waals surface area contributed by atoms with Gasteiger partial charge < -0.3 is 4.57 Å². The van der Waals surface area contributed by atoms with Gasteiger partial charge in [0.05, 0.1) is 11.3 Å². The SMILES string of the molecule is [2H]C([2H])(c1cc[n+](C)c(-c2c3c(c4ccccc4c2C)-n2ccnc2C3)c1)C(C)C. The summed E-state index contributed by atoms with van der Waals surface area (Å²) in [5.41, 5.74) is 6.67. The summed E-state index contributed by atoms with van der Waals surface area (Å²) >= 11 is 0. The molecular weight excluding hydrogens is 342 g/mol. The normalized spacial score (nSPS) is 14.2. The van der Waals surface area contributed by atoms with Crippen molar-refractivity contribution in [1.29, 1.82) is 0 Å². The lowest BCUT2D eigenvalue weighted by atomic mass is 9.89. The first-order chi connectivity index (χ1) is 14.3. The van der Waals surface area contributed by atoms with Crippen LogP contribution in [0.1, 0.15) is 39.1 Å². The molecule has 0 aliphatic carbocycles. The van der Waals surface area contributed by atoms with Gasteiger partial charge in [-0.25, -0.2) is 9.55 Å². The summed E-state index contributed by atoms with van der Waals surface area (Å²) in [5.74, 6) is 0.949. The summed E-state index contributed by atoms with van der Waals surface area (Å²) < 4.78 is 21.5. The van der Waals surface area contributed by atoms with Crippen LogP contribution in [0, 0.1) is 12.8 Å². The smallest absolute Gasteiger partial charge is 0.213 e. The minimum absolute atomic E-state index is 0.105. The first-order valence-corrected chi connectivity index (χ1v) is 9.88. The number of hydrogen-bond donors (Lipinski definition) is 0. The van der Waals surface area contributed by atoms with Crippen molar-refractivity contribution < 1.29 is 7.31 Å². The van der Waals surface area contributed by atoms with Crippen molar-refractivity contribution in [1.82, 2.24) is 9.55 Å². The van der Waals surface area contributed by atoms with Crippen LogP contribution in [0.3, 0.4) is 0 Å². The second kappa shape index (κ2) is 6.30. The molecule has 140 valence electrons. The van der Waals surface area contributed by atoms with E-state index in [1.165, 1.54) is 33.2 Å². The fraction of sp³-hybridized carbons (Fsp3) is 0.280. The standard InChI is InChI=1S/C25H26N3/c1-16(2)13-18-9-11-27(4)22(14-18)24-17(3)19-7-5-6-8-20(19)25-21(24)15-23-26-10-12-28(23)25/h5-12,14,16H,13,15H2,1-4H3/q+1/i13D2. The van der Waals surface area contributed by atoms with E-state index >= 15 is 0 Å². The van der Waals surface area contributed by atoms with Crippen LogP contribution in [0.5, 0.6) is 0 Å². The summed E-state index contributed by atoms with van der Waals surface area (Å²) in [6.45, 7) is 6.05. The number of fused-ring (bicyclic) bond motifs is 5. The number of benzene rings is 2. The molecule has 0 radical (unpaired) electrons. The van der Waals surface area contributed by atoms with Gasteiger partial charge in [-0.3, -0.25) is 0 Å². The Bertz CT molecular complexity index is 1300. The van der Waals surface area contributed by atoms with E-state index < -0.39 is 6.37 Å². The van der Waals surface area contributed by atoms with Crippen LogP contribution in [0.15, 0.2) is 55.0 Å². The fourth-order valence-corrected chi connectivity index (χ4v) is 4.52. The fourth-order valence-electron chi connectivity index (χ4n) is 4.52. The molecule has 28 heavy (non-hydrogen) atoms. The molecule has 0 saturated heterocycles. The zero-order valence-corrected chi connectivity index (χ0v) is 16.8. The minimum Gasteiger partial charge on any atom is -0.303 e. The van der Waals surface area contributed by atoms with Crippen LogP contribution in [0.25, 0.3) is 27.7 Å². The van der Waals surface area contributed by atoms with E-state index in [-0.39, 0.29) is 5.92 Å². The molecule has 5 rings (SSSR count). The van der Waals surface area contributed by atoms with Crippen molar-refractivity contribution in [3.63, 3.8) is 0 Å². The van der Waals surface area contributed by atoms with Crippen LogP contribution >= 0.6 is 0 Å². The molecule has 3 heterocycles. The Kier molecular flexibility index (Phi) is 3.38. The maximum Gasteiger partial charge on any atom is 0.213 e. The molecule has 2 aromatic carbocycles. The summed E-state index contributed by atoms with van der Waals surface area (Å²) in [7, 11) is 2.04. The van der Waals surface area contributed by atoms with Gasteiger partial charge in [0.25, 0.3) is 0 Å². The van der Waals surface area contributed by atoms with Crippen molar-refractivity contribution in [2.75, 3.05) is 0 Å². The first kappa shape index (κ1) is 15.0. The summed E-state index contributed by atoms with van der Waals surface area (Å²) in [4.78, 5) is 4.58. The number of pyridine rings is 1. The molecule has 0 bridgehead atoms. The molecule has 0 spiro atoms. The minimum atomic E-state index is -1.39. The Balaban J connectivity index is 1.86. The lowest BCUT2D eigenvalue weighted by Gasteiger charge is -2.16. The van der Waals surface area contributed by atoms with Crippen molar-refractivity contribution >= 4 is 10.8 Å². The molecule has 1 aliphatic heterocycles. The Morgan fingerprint density at radius 1 is 1.21 bits per heavy atom. The third-order valence-corrected chi connectivity index (χ3v) is 5.70. The molecule has 0 amide bonds. The number of hydrogen-bond acceptors (Lipinski definition) is 1. The molecule has 0 fully saturated rings. The highest BCUT2D eigenvalue weighted by atomic mass is 15.1. The van der Waals surface area contributed by atoms with Crippen LogP contribution < -0.4 is 4.57 Å². The number of aryl methyl sites for hydroxylation is 2. The van der Waals surface area contributed by atoms with E-state index in [0.29, 0.717) is 0 Å². The number of aromatic nitrogens is 3. The molecule has 0 saturated carbocycles. The average Bonchev–Trinajstić information content (AvgIpc) is 3.30. The molecule has 0 atom stereocenters. The van der Waals surface area contributed by atoms with Crippen molar-refractivity contribution in [3.05, 3.63) is 77.5 Å². The van der Waals surface area contributed by atoms with Crippen molar-refractivity contribution in [2.45, 2.75) is 33.6 Å². The Morgan fingerprint density at radius 3 is 2.79 bits per heavy atom. The Labute approximate surface area is 169 Å². The largest absolute Gasteiger partial charge is 0.303 e. The number of imidazole rings is 1. The average molecular weight is 371 g/mol. The second-order valence-electron chi connectivity index (χ2n) is 7.97. The third kappa shape index (κ3) is 2.50. The molecule has 4 aromatic rings. The molecule has 0 unspecified atom stereocenters. The van der Waals surface area contributed by atoms with Crippen LogP contribution in [0.2, 0.25) is 0 Å². The predicted octanol–water partition coefficient (Wildman–Crippen LogP) is 4.93. The zero-order chi connectivity index (χ0) is 21.2.